The van der Waals surface area contributed by atoms with Crippen LogP contribution in [0.3, 0.4) is 0 Å². The van der Waals surface area contributed by atoms with Gasteiger partial charge in [0.25, 0.3) is 5.91 Å². The van der Waals surface area contributed by atoms with Crippen LogP contribution in [-0.2, 0) is 5.54 Å². The number of benzene rings is 1. The molecule has 0 radical (unpaired) electrons. The van der Waals surface area contributed by atoms with Crippen LogP contribution < -0.4 is 10.6 Å². The summed E-state index contributed by atoms with van der Waals surface area (Å²) < 4.78 is 1.09. The molecule has 1 amide bonds. The molecule has 4 nitrogen and oxygen atoms in total. The number of hydrogen-bond donors (Lipinski definition) is 2. The van der Waals surface area contributed by atoms with Crippen molar-refractivity contribution in [3.63, 3.8) is 0 Å². The number of nitrogens with one attached hydrogen (secondary N) is 2. The molecule has 1 aromatic heterocycles. The Balaban J connectivity index is 1.63. The predicted octanol–water partition coefficient (Wildman–Crippen LogP) is 3.46. The number of nitrogens with zero attached hydrogens (tertiary/aromatic N) is 1. The third-order valence-electron chi connectivity index (χ3n) is 4.43. The SMILES string of the molecule is O=C(NC1=NC2(c3cc(Br)cs3)CNC[C@H]2CS1)c1ccccc1. The van der Waals surface area contributed by atoms with Crippen LogP contribution in [0.4, 0.5) is 0 Å². The van der Waals surface area contributed by atoms with Gasteiger partial charge >= 0.3 is 0 Å². The van der Waals surface area contributed by atoms with E-state index in [4.69, 9.17) is 4.99 Å². The minimum absolute atomic E-state index is 0.103. The van der Waals surface area contributed by atoms with Gasteiger partial charge in [0.05, 0.1) is 0 Å². The summed E-state index contributed by atoms with van der Waals surface area (Å²) in [5.41, 5.74) is 0.390. The van der Waals surface area contributed by atoms with Crippen LogP contribution >= 0.6 is 39.0 Å². The molecule has 2 atom stereocenters. The van der Waals surface area contributed by atoms with E-state index >= 15 is 0 Å². The Morgan fingerprint density at radius 3 is 2.96 bits per heavy atom. The average molecular weight is 422 g/mol. The number of amidine groups is 1. The van der Waals surface area contributed by atoms with Crippen molar-refractivity contribution in [2.45, 2.75) is 5.54 Å². The van der Waals surface area contributed by atoms with Gasteiger partial charge in [-0.3, -0.25) is 4.79 Å². The van der Waals surface area contributed by atoms with Gasteiger partial charge in [-0.05, 0) is 34.1 Å². The summed E-state index contributed by atoms with van der Waals surface area (Å²) in [5.74, 6) is 1.30. The molecule has 0 bridgehead atoms. The van der Waals surface area contributed by atoms with Crippen LogP contribution in [0.5, 0.6) is 0 Å². The largest absolute Gasteiger partial charge is 0.314 e. The van der Waals surface area contributed by atoms with Crippen LogP contribution in [0.2, 0.25) is 0 Å². The number of carbonyl (C=O) groups is 1. The maximum absolute atomic E-state index is 12.4. The van der Waals surface area contributed by atoms with Crippen LogP contribution in [0.25, 0.3) is 0 Å². The lowest BCUT2D eigenvalue weighted by atomic mass is 9.87. The number of aliphatic imine (C=N–C) groups is 1. The Morgan fingerprint density at radius 1 is 1.38 bits per heavy atom. The Labute approximate surface area is 157 Å². The van der Waals surface area contributed by atoms with E-state index in [1.54, 1.807) is 23.1 Å². The average Bonchev–Trinajstić information content (AvgIpc) is 3.22. The van der Waals surface area contributed by atoms with Gasteiger partial charge in [-0.25, -0.2) is 4.99 Å². The summed E-state index contributed by atoms with van der Waals surface area (Å²) in [4.78, 5) is 18.7. The first-order valence-corrected chi connectivity index (χ1v) is 10.4. The quantitative estimate of drug-likeness (QED) is 0.780. The number of hydrogen-bond acceptors (Lipinski definition) is 5. The molecular formula is C17H16BrN3OS2. The zero-order valence-electron chi connectivity index (χ0n) is 12.8. The lowest BCUT2D eigenvalue weighted by Gasteiger charge is -2.34. The van der Waals surface area contributed by atoms with E-state index in [9.17, 15) is 4.79 Å². The number of halogens is 1. The van der Waals surface area contributed by atoms with E-state index in [0.29, 0.717) is 16.6 Å². The maximum atomic E-state index is 12.4. The van der Waals surface area contributed by atoms with Crippen molar-refractivity contribution < 1.29 is 4.79 Å². The smallest absolute Gasteiger partial charge is 0.257 e. The third-order valence-corrected chi connectivity index (χ3v) is 7.33. The van der Waals surface area contributed by atoms with Crippen molar-refractivity contribution in [3.8, 4) is 0 Å². The molecule has 124 valence electrons. The van der Waals surface area contributed by atoms with Gasteiger partial charge in [0.15, 0.2) is 5.17 Å². The number of carbonyl (C=O) groups excluding carboxylic acids is 1. The highest BCUT2D eigenvalue weighted by Crippen LogP contribution is 2.45. The molecule has 3 heterocycles. The zero-order chi connectivity index (χ0) is 16.6. The fraction of sp³-hybridized carbons (Fsp3) is 0.294. The highest BCUT2D eigenvalue weighted by atomic mass is 79.9. The molecule has 1 unspecified atom stereocenters. The minimum atomic E-state index is -0.263. The van der Waals surface area contributed by atoms with Crippen LogP contribution in [0.15, 0.2) is 51.2 Å². The maximum Gasteiger partial charge on any atom is 0.257 e. The number of amides is 1. The van der Waals surface area contributed by atoms with E-state index in [2.05, 4.69) is 38.0 Å². The molecule has 1 fully saturated rings. The van der Waals surface area contributed by atoms with Crippen molar-refractivity contribution in [1.82, 2.24) is 10.6 Å². The van der Waals surface area contributed by atoms with Gasteiger partial charge in [-0.1, -0.05) is 30.0 Å². The van der Waals surface area contributed by atoms with Crippen molar-refractivity contribution in [3.05, 3.63) is 56.7 Å². The summed E-state index contributed by atoms with van der Waals surface area (Å²) in [6.07, 6.45) is 0. The van der Waals surface area contributed by atoms with E-state index in [-0.39, 0.29) is 11.4 Å². The molecule has 2 aliphatic heterocycles. The number of fused-ring (bicyclic) bond motifs is 1. The summed E-state index contributed by atoms with van der Waals surface area (Å²) in [6, 6.07) is 11.4. The number of rotatable bonds is 2. The first-order chi connectivity index (χ1) is 11.7. The summed E-state index contributed by atoms with van der Waals surface area (Å²) in [7, 11) is 0. The molecule has 24 heavy (non-hydrogen) atoms. The van der Waals surface area contributed by atoms with Gasteiger partial charge in [-0.2, -0.15) is 0 Å². The molecule has 1 aromatic carbocycles. The fourth-order valence-electron chi connectivity index (χ4n) is 3.18. The van der Waals surface area contributed by atoms with Gasteiger partial charge < -0.3 is 10.6 Å². The van der Waals surface area contributed by atoms with E-state index in [1.165, 1.54) is 4.88 Å². The van der Waals surface area contributed by atoms with Crippen molar-refractivity contribution in [1.29, 1.82) is 0 Å². The van der Waals surface area contributed by atoms with E-state index in [0.717, 1.165) is 23.3 Å². The lowest BCUT2D eigenvalue weighted by Crippen LogP contribution is -2.42. The molecular weight excluding hydrogens is 406 g/mol. The molecule has 2 aromatic rings. The second-order valence-corrected chi connectivity index (χ2v) is 8.76. The molecule has 0 spiro atoms. The normalized spacial score (nSPS) is 25.9. The van der Waals surface area contributed by atoms with Gasteiger partial charge in [0.2, 0.25) is 0 Å². The highest BCUT2D eigenvalue weighted by molar-refractivity contribution is 9.10. The monoisotopic (exact) mass is 421 g/mol. The van der Waals surface area contributed by atoms with E-state index in [1.807, 2.05) is 30.3 Å². The van der Waals surface area contributed by atoms with Gasteiger partial charge in [0.1, 0.15) is 5.54 Å². The molecule has 1 saturated heterocycles. The standard InChI is InChI=1S/C17H16BrN3OS2/c18-13-6-14(23-9-13)17-10-19-7-12(17)8-24-16(21-17)20-15(22)11-4-2-1-3-5-11/h1-6,9,12,19H,7-8,10H2,(H,20,21,22)/t12-,17?/m0/s1. The summed E-state index contributed by atoms with van der Waals surface area (Å²) in [6.45, 7) is 1.78. The fourth-order valence-corrected chi connectivity index (χ4v) is 5.97. The lowest BCUT2D eigenvalue weighted by molar-refractivity contribution is 0.0977. The predicted molar refractivity (Wildman–Crippen MR) is 104 cm³/mol. The van der Waals surface area contributed by atoms with Crippen molar-refractivity contribution >= 4 is 50.1 Å². The molecule has 2 aliphatic rings. The Morgan fingerprint density at radius 2 is 2.21 bits per heavy atom. The first kappa shape index (κ1) is 16.3. The number of thioether (sulfide) groups is 1. The molecule has 0 saturated carbocycles. The van der Waals surface area contributed by atoms with Crippen molar-refractivity contribution in [2.24, 2.45) is 10.9 Å². The van der Waals surface area contributed by atoms with Crippen LogP contribution in [0.1, 0.15) is 15.2 Å². The van der Waals surface area contributed by atoms with Gasteiger partial charge in [-0.15, -0.1) is 11.3 Å². The molecule has 7 heteroatoms. The first-order valence-electron chi connectivity index (χ1n) is 7.72. The molecule has 0 aliphatic carbocycles. The van der Waals surface area contributed by atoms with E-state index < -0.39 is 0 Å². The second kappa shape index (κ2) is 6.63. The molecule has 2 N–H and O–H groups in total. The zero-order valence-corrected chi connectivity index (χ0v) is 16.0. The third kappa shape index (κ3) is 2.94. The summed E-state index contributed by atoms with van der Waals surface area (Å²) >= 11 is 6.90. The Kier molecular flexibility index (Phi) is 4.51. The second-order valence-electron chi connectivity index (χ2n) is 5.93. The Bertz CT molecular complexity index is 792. The minimum Gasteiger partial charge on any atom is -0.314 e. The van der Waals surface area contributed by atoms with Gasteiger partial charge in [0, 0.05) is 45.1 Å². The summed E-state index contributed by atoms with van der Waals surface area (Å²) in [5, 5.41) is 9.28. The van der Waals surface area contributed by atoms with Crippen LogP contribution in [-0.4, -0.2) is 29.9 Å². The highest BCUT2D eigenvalue weighted by Gasteiger charge is 2.48. The topological polar surface area (TPSA) is 53.5 Å². The van der Waals surface area contributed by atoms with Crippen LogP contribution in [0, 0.1) is 5.92 Å². The molecule has 4 rings (SSSR count). The Hall–Kier alpha value is -1.15. The number of thiophene rings is 1. The van der Waals surface area contributed by atoms with Crippen molar-refractivity contribution in [2.75, 3.05) is 18.8 Å².